The van der Waals surface area contributed by atoms with Crippen LogP contribution in [0.2, 0.25) is 5.02 Å². The number of anilines is 1. The van der Waals surface area contributed by atoms with Crippen LogP contribution in [0, 0.1) is 5.82 Å². The molecule has 5 heteroatoms. The molecule has 2 aromatic rings. The van der Waals surface area contributed by atoms with Crippen molar-refractivity contribution in [2.24, 2.45) is 0 Å². The number of aromatic nitrogens is 1. The van der Waals surface area contributed by atoms with Gasteiger partial charge in [0.05, 0.1) is 5.02 Å². The van der Waals surface area contributed by atoms with Crippen molar-refractivity contribution >= 4 is 23.0 Å². The standard InChI is InChI=1S/C19H23ClFN3/c1-4-10-23-16(5-2)14-7-8-15(20)18(19(14)21)12(3)13-6-9-17(22)24-11-13/h6-9,11,16,23H,3-5,10H2,1-2H3,(H2,22,24). The van der Waals surface area contributed by atoms with Crippen molar-refractivity contribution in [2.45, 2.75) is 32.7 Å². The van der Waals surface area contributed by atoms with E-state index in [0.29, 0.717) is 33.1 Å². The molecular weight excluding hydrogens is 325 g/mol. The molecule has 1 unspecified atom stereocenters. The van der Waals surface area contributed by atoms with Gasteiger partial charge in [0.15, 0.2) is 0 Å². The molecule has 1 atom stereocenters. The van der Waals surface area contributed by atoms with Gasteiger partial charge in [-0.1, -0.05) is 38.1 Å². The minimum atomic E-state index is -0.334. The predicted octanol–water partition coefficient (Wildman–Crippen LogP) is 4.97. The summed E-state index contributed by atoms with van der Waals surface area (Å²) < 4.78 is 15.2. The Morgan fingerprint density at radius 2 is 2.08 bits per heavy atom. The molecule has 0 saturated carbocycles. The van der Waals surface area contributed by atoms with Gasteiger partial charge in [-0.25, -0.2) is 9.37 Å². The zero-order valence-electron chi connectivity index (χ0n) is 14.1. The molecule has 1 aromatic heterocycles. The molecule has 0 aliphatic carbocycles. The van der Waals surface area contributed by atoms with Crippen molar-refractivity contribution < 1.29 is 4.39 Å². The number of nitrogens with two attached hydrogens (primary N) is 1. The molecule has 1 heterocycles. The number of nitrogens with zero attached hydrogens (tertiary/aromatic N) is 1. The fraction of sp³-hybridized carbons (Fsp3) is 0.316. The maximum absolute atomic E-state index is 15.2. The number of hydrogen-bond acceptors (Lipinski definition) is 3. The van der Waals surface area contributed by atoms with E-state index in [-0.39, 0.29) is 11.9 Å². The van der Waals surface area contributed by atoms with Crippen LogP contribution in [0.4, 0.5) is 10.2 Å². The van der Waals surface area contributed by atoms with E-state index in [1.54, 1.807) is 30.5 Å². The first-order valence-electron chi connectivity index (χ1n) is 8.12. The average molecular weight is 348 g/mol. The Bertz CT molecular complexity index is 713. The molecule has 24 heavy (non-hydrogen) atoms. The van der Waals surface area contributed by atoms with Gasteiger partial charge in [0.25, 0.3) is 0 Å². The summed E-state index contributed by atoms with van der Waals surface area (Å²) in [6, 6.07) is 6.83. The Labute approximate surface area is 147 Å². The van der Waals surface area contributed by atoms with Crippen LogP contribution >= 0.6 is 11.6 Å². The quantitative estimate of drug-likeness (QED) is 0.743. The summed E-state index contributed by atoms with van der Waals surface area (Å²) in [5.41, 5.74) is 7.72. The molecule has 0 spiro atoms. The van der Waals surface area contributed by atoms with Crippen LogP contribution in [0.3, 0.4) is 0 Å². The van der Waals surface area contributed by atoms with Crippen LogP contribution in [0.1, 0.15) is 49.4 Å². The molecule has 0 aliphatic heterocycles. The maximum Gasteiger partial charge on any atom is 0.137 e. The number of benzene rings is 1. The highest BCUT2D eigenvalue weighted by molar-refractivity contribution is 6.32. The Morgan fingerprint density at radius 3 is 2.67 bits per heavy atom. The summed E-state index contributed by atoms with van der Waals surface area (Å²) in [6.45, 7) is 8.95. The van der Waals surface area contributed by atoms with Crippen LogP contribution in [-0.2, 0) is 0 Å². The topological polar surface area (TPSA) is 50.9 Å². The summed E-state index contributed by atoms with van der Waals surface area (Å²) in [4.78, 5) is 4.04. The first-order valence-corrected chi connectivity index (χ1v) is 8.49. The Hall–Kier alpha value is -1.91. The van der Waals surface area contributed by atoms with E-state index in [1.807, 2.05) is 6.92 Å². The fourth-order valence-corrected chi connectivity index (χ4v) is 2.90. The Kier molecular flexibility index (Phi) is 6.35. The number of rotatable bonds is 7. The van der Waals surface area contributed by atoms with E-state index in [2.05, 4.69) is 23.8 Å². The normalized spacial score (nSPS) is 12.2. The number of pyridine rings is 1. The molecule has 1 aromatic carbocycles. The van der Waals surface area contributed by atoms with Gasteiger partial charge in [-0.2, -0.15) is 0 Å². The lowest BCUT2D eigenvalue weighted by atomic mass is 9.94. The Balaban J connectivity index is 2.44. The van der Waals surface area contributed by atoms with Crippen molar-refractivity contribution in [3.05, 3.63) is 64.6 Å². The SMILES string of the molecule is C=C(c1ccc(N)nc1)c1c(Cl)ccc(C(CC)NCCC)c1F. The third-order valence-electron chi connectivity index (χ3n) is 3.98. The monoisotopic (exact) mass is 347 g/mol. The number of hydrogen-bond donors (Lipinski definition) is 2. The second kappa shape index (κ2) is 8.27. The van der Waals surface area contributed by atoms with E-state index in [4.69, 9.17) is 17.3 Å². The van der Waals surface area contributed by atoms with E-state index in [0.717, 1.165) is 19.4 Å². The average Bonchev–Trinajstić information content (AvgIpc) is 2.57. The predicted molar refractivity (Wildman–Crippen MR) is 99.5 cm³/mol. The third kappa shape index (κ3) is 3.94. The largest absolute Gasteiger partial charge is 0.384 e. The van der Waals surface area contributed by atoms with Gasteiger partial charge in [0, 0.05) is 28.9 Å². The van der Waals surface area contributed by atoms with E-state index in [9.17, 15) is 0 Å². The van der Waals surface area contributed by atoms with Crippen LogP contribution in [0.25, 0.3) is 5.57 Å². The number of halogens is 2. The van der Waals surface area contributed by atoms with Crippen molar-refractivity contribution in [3.8, 4) is 0 Å². The molecule has 0 radical (unpaired) electrons. The van der Waals surface area contributed by atoms with E-state index in [1.165, 1.54) is 0 Å². The molecule has 0 aliphatic rings. The highest BCUT2D eigenvalue weighted by Crippen LogP contribution is 2.34. The first kappa shape index (κ1) is 18.4. The van der Waals surface area contributed by atoms with Gasteiger partial charge < -0.3 is 11.1 Å². The van der Waals surface area contributed by atoms with Gasteiger partial charge >= 0.3 is 0 Å². The number of nitrogens with one attached hydrogen (secondary N) is 1. The van der Waals surface area contributed by atoms with Gasteiger partial charge in [0.2, 0.25) is 0 Å². The third-order valence-corrected chi connectivity index (χ3v) is 4.30. The summed E-state index contributed by atoms with van der Waals surface area (Å²) in [6.07, 6.45) is 3.35. The molecule has 0 bridgehead atoms. The van der Waals surface area contributed by atoms with Crippen LogP contribution < -0.4 is 11.1 Å². The van der Waals surface area contributed by atoms with Gasteiger partial charge in [0.1, 0.15) is 11.6 Å². The van der Waals surface area contributed by atoms with Crippen molar-refractivity contribution in [2.75, 3.05) is 12.3 Å². The van der Waals surface area contributed by atoms with Crippen LogP contribution in [-0.4, -0.2) is 11.5 Å². The molecule has 2 rings (SSSR count). The van der Waals surface area contributed by atoms with Crippen molar-refractivity contribution in [1.29, 1.82) is 0 Å². The van der Waals surface area contributed by atoms with Crippen molar-refractivity contribution in [1.82, 2.24) is 10.3 Å². The van der Waals surface area contributed by atoms with E-state index < -0.39 is 0 Å². The summed E-state index contributed by atoms with van der Waals surface area (Å²) >= 11 is 6.26. The van der Waals surface area contributed by atoms with Gasteiger partial charge in [-0.3, -0.25) is 0 Å². The fourth-order valence-electron chi connectivity index (χ4n) is 2.64. The maximum atomic E-state index is 15.2. The highest BCUT2D eigenvalue weighted by atomic mass is 35.5. The minimum absolute atomic E-state index is 0.0571. The second-order valence-electron chi connectivity index (χ2n) is 5.69. The molecule has 3 nitrogen and oxygen atoms in total. The second-order valence-corrected chi connectivity index (χ2v) is 6.10. The first-order chi connectivity index (χ1) is 11.5. The van der Waals surface area contributed by atoms with Crippen LogP contribution in [0.5, 0.6) is 0 Å². The van der Waals surface area contributed by atoms with Crippen molar-refractivity contribution in [3.63, 3.8) is 0 Å². The number of nitrogen functional groups attached to an aromatic ring is 1. The summed E-state index contributed by atoms with van der Waals surface area (Å²) in [5.74, 6) is 0.0708. The summed E-state index contributed by atoms with van der Waals surface area (Å²) in [7, 11) is 0. The molecule has 0 fully saturated rings. The highest BCUT2D eigenvalue weighted by Gasteiger charge is 2.20. The molecule has 0 amide bonds. The van der Waals surface area contributed by atoms with Gasteiger partial charge in [-0.05, 0) is 43.2 Å². The molecular formula is C19H23ClFN3. The molecule has 0 saturated heterocycles. The van der Waals surface area contributed by atoms with Crippen LogP contribution in [0.15, 0.2) is 37.0 Å². The molecule has 3 N–H and O–H groups in total. The Morgan fingerprint density at radius 1 is 1.33 bits per heavy atom. The summed E-state index contributed by atoms with van der Waals surface area (Å²) in [5, 5.41) is 3.70. The smallest absolute Gasteiger partial charge is 0.137 e. The van der Waals surface area contributed by atoms with Gasteiger partial charge in [-0.15, -0.1) is 0 Å². The molecule has 128 valence electrons. The lowest BCUT2D eigenvalue weighted by Gasteiger charge is -2.20. The minimum Gasteiger partial charge on any atom is -0.384 e. The zero-order valence-corrected chi connectivity index (χ0v) is 14.8. The van der Waals surface area contributed by atoms with E-state index >= 15 is 4.39 Å². The zero-order chi connectivity index (χ0) is 17.7. The lowest BCUT2D eigenvalue weighted by molar-refractivity contribution is 0.488. The lowest BCUT2D eigenvalue weighted by Crippen LogP contribution is -2.22.